The molecule has 1 atom stereocenters. The van der Waals surface area contributed by atoms with Crippen molar-refractivity contribution in [1.29, 1.82) is 0 Å². The first-order chi connectivity index (χ1) is 8.27. The van der Waals surface area contributed by atoms with E-state index in [-0.39, 0.29) is 6.61 Å². The summed E-state index contributed by atoms with van der Waals surface area (Å²) in [4.78, 5) is 13.9. The highest BCUT2D eigenvalue weighted by Crippen LogP contribution is 2.20. The molecule has 0 aromatic heterocycles. The predicted octanol–water partition coefficient (Wildman–Crippen LogP) is 2.58. The summed E-state index contributed by atoms with van der Waals surface area (Å²) in [5, 5.41) is 8.87. The van der Waals surface area contributed by atoms with Crippen LogP contribution in [0.1, 0.15) is 58.3 Å². The third-order valence-electron chi connectivity index (χ3n) is 3.67. The zero-order valence-corrected chi connectivity index (χ0v) is 11.2. The van der Waals surface area contributed by atoms with Gasteiger partial charge in [0.1, 0.15) is 0 Å². The van der Waals surface area contributed by atoms with Crippen LogP contribution in [0, 0.1) is 5.92 Å². The van der Waals surface area contributed by atoms with Crippen molar-refractivity contribution >= 4 is 5.91 Å². The van der Waals surface area contributed by atoms with E-state index in [0.717, 1.165) is 38.8 Å². The van der Waals surface area contributed by atoms with Gasteiger partial charge in [-0.1, -0.05) is 32.6 Å². The molecule has 0 aromatic carbocycles. The van der Waals surface area contributed by atoms with E-state index in [0.29, 0.717) is 11.8 Å². The Labute approximate surface area is 105 Å². The highest BCUT2D eigenvalue weighted by molar-refractivity contribution is 5.76. The molecule has 1 aliphatic heterocycles. The molecule has 0 aliphatic carbocycles. The fourth-order valence-electron chi connectivity index (χ4n) is 2.52. The maximum atomic E-state index is 11.9. The van der Waals surface area contributed by atoms with E-state index in [9.17, 15) is 4.79 Å². The summed E-state index contributed by atoms with van der Waals surface area (Å²) in [6.45, 7) is 4.23. The minimum absolute atomic E-state index is 0.254. The zero-order chi connectivity index (χ0) is 12.5. The van der Waals surface area contributed by atoms with Crippen molar-refractivity contribution < 1.29 is 9.90 Å². The summed E-state index contributed by atoms with van der Waals surface area (Å²) in [5.41, 5.74) is 0. The van der Waals surface area contributed by atoms with Crippen molar-refractivity contribution in [3.63, 3.8) is 0 Å². The third-order valence-corrected chi connectivity index (χ3v) is 3.67. The van der Waals surface area contributed by atoms with E-state index in [2.05, 4.69) is 6.92 Å². The van der Waals surface area contributed by atoms with Gasteiger partial charge in [-0.3, -0.25) is 4.79 Å². The molecule has 1 fully saturated rings. The van der Waals surface area contributed by atoms with E-state index in [1.807, 2.05) is 4.90 Å². The summed E-state index contributed by atoms with van der Waals surface area (Å²) < 4.78 is 0. The van der Waals surface area contributed by atoms with Gasteiger partial charge in [0.05, 0.1) is 0 Å². The maximum absolute atomic E-state index is 11.9. The molecule has 1 N–H and O–H groups in total. The summed E-state index contributed by atoms with van der Waals surface area (Å²) in [7, 11) is 0. The summed E-state index contributed by atoms with van der Waals surface area (Å²) >= 11 is 0. The van der Waals surface area contributed by atoms with Gasteiger partial charge in [-0.05, 0) is 25.2 Å². The van der Waals surface area contributed by atoms with E-state index < -0.39 is 0 Å². The van der Waals surface area contributed by atoms with E-state index in [1.165, 1.54) is 25.7 Å². The highest BCUT2D eigenvalue weighted by atomic mass is 16.3. The van der Waals surface area contributed by atoms with Gasteiger partial charge < -0.3 is 10.0 Å². The van der Waals surface area contributed by atoms with Crippen LogP contribution in [-0.2, 0) is 4.79 Å². The van der Waals surface area contributed by atoms with Gasteiger partial charge in [0, 0.05) is 26.1 Å². The lowest BCUT2D eigenvalue weighted by molar-refractivity contribution is -0.130. The molecule has 0 spiro atoms. The fourth-order valence-corrected chi connectivity index (χ4v) is 2.52. The first-order valence-electron chi connectivity index (χ1n) is 7.16. The molecule has 0 radical (unpaired) electrons. The van der Waals surface area contributed by atoms with Gasteiger partial charge in [0.2, 0.25) is 5.91 Å². The number of hydrogen-bond donors (Lipinski definition) is 1. The SMILES string of the molecule is CCCCCCCC(=O)N1CCC(CCO)C1. The second-order valence-corrected chi connectivity index (χ2v) is 5.17. The number of carbonyl (C=O) groups is 1. The second kappa shape index (κ2) is 8.51. The molecular weight excluding hydrogens is 214 g/mol. The molecule has 1 rings (SSSR count). The molecule has 1 aliphatic rings. The molecule has 3 heteroatoms. The molecule has 0 saturated carbocycles. The van der Waals surface area contributed by atoms with Gasteiger partial charge in [0.25, 0.3) is 0 Å². The number of likely N-dealkylation sites (tertiary alicyclic amines) is 1. The Balaban J connectivity index is 2.08. The second-order valence-electron chi connectivity index (χ2n) is 5.17. The Morgan fingerprint density at radius 1 is 1.29 bits per heavy atom. The van der Waals surface area contributed by atoms with Crippen molar-refractivity contribution in [2.24, 2.45) is 5.92 Å². The summed E-state index contributed by atoms with van der Waals surface area (Å²) in [5.74, 6) is 0.853. The Kier molecular flexibility index (Phi) is 7.25. The molecule has 0 bridgehead atoms. The third kappa shape index (κ3) is 5.53. The van der Waals surface area contributed by atoms with Gasteiger partial charge in [-0.25, -0.2) is 0 Å². The van der Waals surface area contributed by atoms with Crippen molar-refractivity contribution in [1.82, 2.24) is 4.90 Å². The van der Waals surface area contributed by atoms with Crippen LogP contribution in [0.3, 0.4) is 0 Å². The lowest BCUT2D eigenvalue weighted by Crippen LogP contribution is -2.28. The molecular formula is C14H27NO2. The first kappa shape index (κ1) is 14.5. The number of aliphatic hydroxyl groups is 1. The monoisotopic (exact) mass is 241 g/mol. The van der Waals surface area contributed by atoms with Gasteiger partial charge in [-0.2, -0.15) is 0 Å². The van der Waals surface area contributed by atoms with Crippen molar-refractivity contribution in [3.05, 3.63) is 0 Å². The van der Waals surface area contributed by atoms with Crippen LogP contribution in [0.15, 0.2) is 0 Å². The van der Waals surface area contributed by atoms with Crippen LogP contribution < -0.4 is 0 Å². The minimum Gasteiger partial charge on any atom is -0.396 e. The molecule has 1 saturated heterocycles. The lowest BCUT2D eigenvalue weighted by Gasteiger charge is -2.16. The van der Waals surface area contributed by atoms with E-state index in [4.69, 9.17) is 5.11 Å². The number of unbranched alkanes of at least 4 members (excludes halogenated alkanes) is 4. The van der Waals surface area contributed by atoms with Crippen LogP contribution in [0.2, 0.25) is 0 Å². The van der Waals surface area contributed by atoms with E-state index >= 15 is 0 Å². The molecule has 1 amide bonds. The van der Waals surface area contributed by atoms with Crippen LogP contribution >= 0.6 is 0 Å². The summed E-state index contributed by atoms with van der Waals surface area (Å²) in [6.07, 6.45) is 8.67. The molecule has 3 nitrogen and oxygen atoms in total. The van der Waals surface area contributed by atoms with E-state index in [1.54, 1.807) is 0 Å². The molecule has 0 aromatic rings. The molecule has 1 heterocycles. The zero-order valence-electron chi connectivity index (χ0n) is 11.2. The minimum atomic E-state index is 0.254. The average molecular weight is 241 g/mol. The molecule has 1 unspecified atom stereocenters. The topological polar surface area (TPSA) is 40.5 Å². The Hall–Kier alpha value is -0.570. The molecule has 17 heavy (non-hydrogen) atoms. The lowest BCUT2D eigenvalue weighted by atomic mass is 10.1. The smallest absolute Gasteiger partial charge is 0.222 e. The first-order valence-corrected chi connectivity index (χ1v) is 7.16. The fraction of sp³-hybridized carbons (Fsp3) is 0.929. The standard InChI is InChI=1S/C14H27NO2/c1-2-3-4-5-6-7-14(17)15-10-8-13(12-15)9-11-16/h13,16H,2-12H2,1H3. The Morgan fingerprint density at radius 2 is 2.06 bits per heavy atom. The number of nitrogens with zero attached hydrogens (tertiary/aromatic N) is 1. The van der Waals surface area contributed by atoms with Crippen molar-refractivity contribution in [3.8, 4) is 0 Å². The Morgan fingerprint density at radius 3 is 2.76 bits per heavy atom. The van der Waals surface area contributed by atoms with Crippen LogP contribution in [0.5, 0.6) is 0 Å². The van der Waals surface area contributed by atoms with Gasteiger partial charge >= 0.3 is 0 Å². The van der Waals surface area contributed by atoms with Crippen LogP contribution in [0.25, 0.3) is 0 Å². The van der Waals surface area contributed by atoms with Crippen molar-refractivity contribution in [2.45, 2.75) is 58.3 Å². The Bertz CT molecular complexity index is 218. The number of amides is 1. The number of carbonyl (C=O) groups excluding carboxylic acids is 1. The maximum Gasteiger partial charge on any atom is 0.222 e. The van der Waals surface area contributed by atoms with Crippen molar-refractivity contribution in [2.75, 3.05) is 19.7 Å². The van der Waals surface area contributed by atoms with Crippen LogP contribution in [0.4, 0.5) is 0 Å². The quantitative estimate of drug-likeness (QED) is 0.664. The number of rotatable bonds is 8. The van der Waals surface area contributed by atoms with Gasteiger partial charge in [0.15, 0.2) is 0 Å². The number of aliphatic hydroxyl groups excluding tert-OH is 1. The van der Waals surface area contributed by atoms with Crippen LogP contribution in [-0.4, -0.2) is 35.6 Å². The number of hydrogen-bond acceptors (Lipinski definition) is 2. The highest BCUT2D eigenvalue weighted by Gasteiger charge is 2.24. The normalized spacial score (nSPS) is 19.9. The molecule has 100 valence electrons. The van der Waals surface area contributed by atoms with Gasteiger partial charge in [-0.15, -0.1) is 0 Å². The average Bonchev–Trinajstić information content (AvgIpc) is 2.78. The predicted molar refractivity (Wildman–Crippen MR) is 69.8 cm³/mol. The largest absolute Gasteiger partial charge is 0.396 e. The summed E-state index contributed by atoms with van der Waals surface area (Å²) in [6, 6.07) is 0.